The lowest BCUT2D eigenvalue weighted by Crippen LogP contribution is -2.63. The number of aliphatic imine (C=N–C) groups is 1. The Labute approximate surface area is 171 Å². The highest BCUT2D eigenvalue weighted by molar-refractivity contribution is 6.10. The quantitative estimate of drug-likeness (QED) is 0.716. The second kappa shape index (κ2) is 7.46. The number of nitrogens with one attached hydrogen (secondary N) is 3. The van der Waals surface area contributed by atoms with E-state index in [0.717, 1.165) is 42.4 Å². The van der Waals surface area contributed by atoms with Crippen molar-refractivity contribution in [2.45, 2.75) is 51.2 Å². The van der Waals surface area contributed by atoms with E-state index in [1.54, 1.807) is 6.26 Å². The Balaban J connectivity index is 1.58. The van der Waals surface area contributed by atoms with Crippen molar-refractivity contribution in [3.05, 3.63) is 48.4 Å². The Morgan fingerprint density at radius 3 is 2.76 bits per heavy atom. The van der Waals surface area contributed by atoms with Gasteiger partial charge in [0.15, 0.2) is 0 Å². The van der Waals surface area contributed by atoms with E-state index in [9.17, 15) is 4.79 Å². The number of carbonyl (C=O) groups is 1. The number of furan rings is 1. The number of nitrogens with zero attached hydrogens (tertiary/aromatic N) is 2. The fourth-order valence-electron chi connectivity index (χ4n) is 3.95. The summed E-state index contributed by atoms with van der Waals surface area (Å²) in [7, 11) is 0. The smallest absolute Gasteiger partial charge is 0.317 e. The van der Waals surface area contributed by atoms with Gasteiger partial charge in [-0.15, -0.1) is 0 Å². The molecule has 1 fully saturated rings. The maximum absolute atomic E-state index is 12.8. The molecule has 1 spiro atoms. The third-order valence-corrected chi connectivity index (χ3v) is 5.23. The number of rotatable bonds is 2. The maximum atomic E-state index is 12.8. The number of benzene rings is 1. The van der Waals surface area contributed by atoms with Gasteiger partial charge in [0.05, 0.1) is 36.3 Å². The second-order valence-corrected chi connectivity index (χ2v) is 8.77. The van der Waals surface area contributed by atoms with Crippen LogP contribution in [0.25, 0.3) is 0 Å². The molecule has 29 heavy (non-hydrogen) atoms. The predicted octanol–water partition coefficient (Wildman–Crippen LogP) is 4.06. The summed E-state index contributed by atoms with van der Waals surface area (Å²) in [6, 6.07) is 11.7. The molecule has 7 nitrogen and oxygen atoms in total. The molecule has 3 heterocycles. The molecular weight excluding hydrogens is 366 g/mol. The molecule has 2 aliphatic rings. The molecule has 3 N–H and O–H groups in total. The highest BCUT2D eigenvalue weighted by atomic mass is 16.3. The van der Waals surface area contributed by atoms with Crippen LogP contribution < -0.4 is 16.0 Å². The summed E-state index contributed by atoms with van der Waals surface area (Å²) < 4.78 is 5.32. The highest BCUT2D eigenvalue weighted by Crippen LogP contribution is 2.36. The van der Waals surface area contributed by atoms with Crippen LogP contribution in [-0.2, 0) is 6.54 Å². The summed E-state index contributed by atoms with van der Waals surface area (Å²) in [5, 5.41) is 10.2. The van der Waals surface area contributed by atoms with Crippen molar-refractivity contribution in [3.63, 3.8) is 0 Å². The van der Waals surface area contributed by atoms with Gasteiger partial charge in [-0.1, -0.05) is 12.1 Å². The molecule has 2 aromatic rings. The SMILES string of the molecule is CC(C)(C)N=C1Nc2ccccc2NC12CCCN(C(=O)NCc1ccco1)C2. The van der Waals surface area contributed by atoms with Crippen molar-refractivity contribution >= 4 is 23.2 Å². The molecule has 1 aromatic carbocycles. The van der Waals surface area contributed by atoms with Crippen LogP contribution in [0.1, 0.15) is 39.4 Å². The third-order valence-electron chi connectivity index (χ3n) is 5.23. The molecule has 1 saturated heterocycles. The Morgan fingerprint density at radius 1 is 1.24 bits per heavy atom. The van der Waals surface area contributed by atoms with Gasteiger partial charge in [-0.25, -0.2) is 4.79 Å². The summed E-state index contributed by atoms with van der Waals surface area (Å²) in [5.41, 5.74) is 1.40. The van der Waals surface area contributed by atoms with Gasteiger partial charge in [-0.2, -0.15) is 0 Å². The highest BCUT2D eigenvalue weighted by Gasteiger charge is 2.45. The van der Waals surface area contributed by atoms with Gasteiger partial charge in [-0.05, 0) is 57.9 Å². The van der Waals surface area contributed by atoms with E-state index in [4.69, 9.17) is 9.41 Å². The maximum Gasteiger partial charge on any atom is 0.317 e. The fourth-order valence-corrected chi connectivity index (χ4v) is 3.95. The molecule has 2 amide bonds. The average molecular weight is 396 g/mol. The number of likely N-dealkylation sites (tertiary alicyclic amines) is 1. The molecule has 0 bridgehead atoms. The first-order chi connectivity index (χ1) is 13.8. The number of urea groups is 1. The number of para-hydroxylation sites is 2. The molecule has 0 aliphatic carbocycles. The number of fused-ring (bicyclic) bond motifs is 1. The lowest BCUT2D eigenvalue weighted by Gasteiger charge is -2.47. The normalized spacial score (nSPS) is 22.7. The molecule has 7 heteroatoms. The van der Waals surface area contributed by atoms with Gasteiger partial charge < -0.3 is 25.3 Å². The van der Waals surface area contributed by atoms with Gasteiger partial charge in [0.2, 0.25) is 0 Å². The monoisotopic (exact) mass is 395 g/mol. The molecule has 0 radical (unpaired) electrons. The first-order valence-corrected chi connectivity index (χ1v) is 10.1. The molecule has 154 valence electrons. The zero-order valence-electron chi connectivity index (χ0n) is 17.3. The van der Waals surface area contributed by atoms with Gasteiger partial charge in [-0.3, -0.25) is 4.99 Å². The van der Waals surface area contributed by atoms with E-state index in [-0.39, 0.29) is 11.6 Å². The van der Waals surface area contributed by atoms with E-state index >= 15 is 0 Å². The second-order valence-electron chi connectivity index (χ2n) is 8.77. The van der Waals surface area contributed by atoms with Gasteiger partial charge in [0, 0.05) is 6.54 Å². The van der Waals surface area contributed by atoms with Gasteiger partial charge in [0.25, 0.3) is 0 Å². The molecule has 4 rings (SSSR count). The number of piperidine rings is 1. The number of amides is 2. The van der Waals surface area contributed by atoms with Crippen LogP contribution in [0.5, 0.6) is 0 Å². The average Bonchev–Trinajstić information content (AvgIpc) is 3.19. The number of hydrogen-bond acceptors (Lipinski definition) is 4. The summed E-state index contributed by atoms with van der Waals surface area (Å²) >= 11 is 0. The molecular formula is C22H29N5O2. The molecule has 1 atom stereocenters. The standard InChI is InChI=1S/C22H29N5O2/c1-21(2,3)26-19-22(25-18-10-5-4-9-17(18)24-19)11-7-12-27(15-22)20(28)23-14-16-8-6-13-29-16/h4-6,8-10,13,25H,7,11-12,14-15H2,1-3H3,(H,23,28)(H,24,26). The van der Waals surface area contributed by atoms with E-state index in [0.29, 0.717) is 13.1 Å². The Hall–Kier alpha value is -2.96. The van der Waals surface area contributed by atoms with Crippen molar-refractivity contribution in [1.29, 1.82) is 0 Å². The minimum Gasteiger partial charge on any atom is -0.467 e. The topological polar surface area (TPSA) is 81.9 Å². The molecule has 2 aliphatic heterocycles. The zero-order valence-corrected chi connectivity index (χ0v) is 17.3. The van der Waals surface area contributed by atoms with Crippen molar-refractivity contribution < 1.29 is 9.21 Å². The zero-order chi connectivity index (χ0) is 20.5. The number of anilines is 2. The minimum atomic E-state index is -0.429. The van der Waals surface area contributed by atoms with E-state index in [2.05, 4.69) is 42.8 Å². The van der Waals surface area contributed by atoms with Crippen LogP contribution in [0, 0.1) is 0 Å². The Bertz CT molecular complexity index is 900. The fraction of sp³-hybridized carbons (Fsp3) is 0.455. The summed E-state index contributed by atoms with van der Waals surface area (Å²) in [4.78, 5) is 19.7. The predicted molar refractivity (Wildman–Crippen MR) is 115 cm³/mol. The molecule has 0 saturated carbocycles. The van der Waals surface area contributed by atoms with Crippen LogP contribution in [0.15, 0.2) is 52.1 Å². The lowest BCUT2D eigenvalue weighted by molar-refractivity contribution is 0.173. The summed E-state index contributed by atoms with van der Waals surface area (Å²) in [5.74, 6) is 1.64. The van der Waals surface area contributed by atoms with Crippen LogP contribution in [0.4, 0.5) is 16.2 Å². The Morgan fingerprint density at radius 2 is 2.03 bits per heavy atom. The lowest BCUT2D eigenvalue weighted by atomic mass is 9.85. The summed E-state index contributed by atoms with van der Waals surface area (Å²) in [6.45, 7) is 7.92. The first kappa shape index (κ1) is 19.4. The van der Waals surface area contributed by atoms with Crippen molar-refractivity contribution in [2.24, 2.45) is 4.99 Å². The summed E-state index contributed by atoms with van der Waals surface area (Å²) in [6.07, 6.45) is 3.42. The van der Waals surface area contributed by atoms with Gasteiger partial charge >= 0.3 is 6.03 Å². The number of carbonyl (C=O) groups excluding carboxylic acids is 1. The number of hydrogen-bond donors (Lipinski definition) is 3. The van der Waals surface area contributed by atoms with Crippen molar-refractivity contribution in [2.75, 3.05) is 23.7 Å². The van der Waals surface area contributed by atoms with Crippen LogP contribution in [-0.4, -0.2) is 40.9 Å². The van der Waals surface area contributed by atoms with Gasteiger partial charge in [0.1, 0.15) is 17.1 Å². The van der Waals surface area contributed by atoms with E-state index < -0.39 is 5.54 Å². The van der Waals surface area contributed by atoms with Crippen LogP contribution in [0.2, 0.25) is 0 Å². The van der Waals surface area contributed by atoms with Crippen LogP contribution in [0.3, 0.4) is 0 Å². The van der Waals surface area contributed by atoms with Crippen LogP contribution >= 0.6 is 0 Å². The molecule has 1 aromatic heterocycles. The number of amidine groups is 1. The van der Waals surface area contributed by atoms with Crippen molar-refractivity contribution in [3.8, 4) is 0 Å². The Kier molecular flexibility index (Phi) is 4.98. The minimum absolute atomic E-state index is 0.0868. The molecule has 1 unspecified atom stereocenters. The van der Waals surface area contributed by atoms with Crippen molar-refractivity contribution in [1.82, 2.24) is 10.2 Å². The largest absolute Gasteiger partial charge is 0.467 e. The van der Waals surface area contributed by atoms with E-state index in [1.807, 2.05) is 35.2 Å². The van der Waals surface area contributed by atoms with E-state index in [1.165, 1.54) is 0 Å². The first-order valence-electron chi connectivity index (χ1n) is 10.1. The third kappa shape index (κ3) is 4.23.